The molecule has 0 heterocycles. The van der Waals surface area contributed by atoms with Crippen molar-refractivity contribution in [1.82, 2.24) is 0 Å². The van der Waals surface area contributed by atoms with Gasteiger partial charge in [0.25, 0.3) is 0 Å². The van der Waals surface area contributed by atoms with E-state index in [9.17, 15) is 4.79 Å². The second kappa shape index (κ2) is 10.8. The van der Waals surface area contributed by atoms with Gasteiger partial charge in [0.2, 0.25) is 0 Å². The topological polar surface area (TPSA) is 26.3 Å². The number of hydrogen-bond acceptors (Lipinski definition) is 2. The predicted molar refractivity (Wildman–Crippen MR) is 137 cm³/mol. The van der Waals surface area contributed by atoms with Gasteiger partial charge in [-0.15, -0.1) is 0 Å². The summed E-state index contributed by atoms with van der Waals surface area (Å²) < 4.78 is 6.01. The number of aldehydes is 1. The van der Waals surface area contributed by atoms with Crippen LogP contribution in [-0.4, -0.2) is 13.4 Å². The molecule has 2 rings (SSSR count). The molecule has 0 aliphatic rings. The smallest absolute Gasteiger partial charge is 0.150 e. The molecule has 170 valence electrons. The Morgan fingerprint density at radius 3 is 2.29 bits per heavy atom. The van der Waals surface area contributed by atoms with Crippen LogP contribution in [0.4, 0.5) is 0 Å². The molecule has 0 spiro atoms. The zero-order chi connectivity index (χ0) is 23.2. The van der Waals surface area contributed by atoms with Crippen LogP contribution in [0.3, 0.4) is 0 Å². The molecule has 3 heteroatoms. The fourth-order valence-electron chi connectivity index (χ4n) is 4.38. The molecule has 0 aromatic heterocycles. The molecule has 0 radical (unpaired) electrons. The van der Waals surface area contributed by atoms with Crippen molar-refractivity contribution in [2.45, 2.75) is 91.1 Å². The van der Waals surface area contributed by atoms with Crippen molar-refractivity contribution in [2.24, 2.45) is 0 Å². The first-order valence-electron chi connectivity index (χ1n) is 11.7. The Bertz CT molecular complexity index is 895. The van der Waals surface area contributed by atoms with Crippen LogP contribution >= 0.6 is 8.58 Å². The predicted octanol–water partition coefficient (Wildman–Crippen LogP) is 7.61. The van der Waals surface area contributed by atoms with Crippen molar-refractivity contribution in [1.29, 1.82) is 0 Å². The van der Waals surface area contributed by atoms with Gasteiger partial charge in [-0.25, -0.2) is 0 Å². The number of rotatable bonds is 10. The molecule has 0 aliphatic heterocycles. The van der Waals surface area contributed by atoms with Crippen LogP contribution in [-0.2, 0) is 10.6 Å². The summed E-state index contributed by atoms with van der Waals surface area (Å²) in [5.74, 6) is 1.01. The normalized spacial score (nSPS) is 14.1. The van der Waals surface area contributed by atoms with Crippen molar-refractivity contribution in [3.05, 3.63) is 58.1 Å². The van der Waals surface area contributed by atoms with E-state index in [1.807, 2.05) is 13.0 Å². The van der Waals surface area contributed by atoms with E-state index in [1.165, 1.54) is 41.3 Å². The third-order valence-corrected chi connectivity index (χ3v) is 8.46. The molecule has 0 fully saturated rings. The standard InChI is InChI=1S/C28H41O2P/c1-9-11-12-15-28(10-2,31-25-14-13-20(3)16-22(25)19-29)24-18-23(27(5,6)7)17-21(4)26(24)30-8/h13-14,16-19,31H,9-12,15H2,1-8H3. The summed E-state index contributed by atoms with van der Waals surface area (Å²) in [4.78, 5) is 11.9. The average Bonchev–Trinajstić information content (AvgIpc) is 2.73. The van der Waals surface area contributed by atoms with Gasteiger partial charge in [0, 0.05) is 16.3 Å². The van der Waals surface area contributed by atoms with Crippen LogP contribution < -0.4 is 10.0 Å². The highest BCUT2D eigenvalue weighted by Gasteiger charge is 2.35. The zero-order valence-corrected chi connectivity index (χ0v) is 21.8. The quantitative estimate of drug-likeness (QED) is 0.216. The van der Waals surface area contributed by atoms with E-state index in [-0.39, 0.29) is 10.6 Å². The summed E-state index contributed by atoms with van der Waals surface area (Å²) in [6, 6.07) is 11.0. The van der Waals surface area contributed by atoms with Gasteiger partial charge in [0.05, 0.1) is 7.11 Å². The first-order valence-corrected chi connectivity index (χ1v) is 12.7. The molecule has 0 N–H and O–H groups in total. The van der Waals surface area contributed by atoms with E-state index in [1.54, 1.807) is 7.11 Å². The molecule has 0 saturated heterocycles. The van der Waals surface area contributed by atoms with E-state index < -0.39 is 0 Å². The molecule has 2 aromatic carbocycles. The minimum absolute atomic E-state index is 0.0421. The van der Waals surface area contributed by atoms with Crippen LogP contribution in [0.15, 0.2) is 30.3 Å². The summed E-state index contributed by atoms with van der Waals surface area (Å²) in [7, 11) is 2.31. The Kier molecular flexibility index (Phi) is 8.90. The Hall–Kier alpha value is -1.66. The summed E-state index contributed by atoms with van der Waals surface area (Å²) in [6.07, 6.45) is 6.75. The van der Waals surface area contributed by atoms with Gasteiger partial charge < -0.3 is 4.74 Å². The second-order valence-electron chi connectivity index (χ2n) is 9.85. The van der Waals surface area contributed by atoms with Gasteiger partial charge in [-0.1, -0.05) is 92.3 Å². The Morgan fingerprint density at radius 1 is 1.03 bits per heavy atom. The molecule has 0 aliphatic carbocycles. The monoisotopic (exact) mass is 440 g/mol. The number of benzene rings is 2. The molecule has 31 heavy (non-hydrogen) atoms. The molecule has 2 nitrogen and oxygen atoms in total. The highest BCUT2D eigenvalue weighted by Crippen LogP contribution is 2.53. The number of ether oxygens (including phenoxy) is 1. The summed E-state index contributed by atoms with van der Waals surface area (Å²) in [5.41, 5.74) is 5.88. The van der Waals surface area contributed by atoms with Gasteiger partial charge in [0.1, 0.15) is 5.75 Å². The maximum atomic E-state index is 11.9. The SMILES string of the molecule is CCCCCC(CC)(Pc1ccc(C)cc1C=O)c1cc(C(C)(C)C)cc(C)c1OC. The van der Waals surface area contributed by atoms with E-state index in [4.69, 9.17) is 4.74 Å². The van der Waals surface area contributed by atoms with E-state index >= 15 is 0 Å². The maximum Gasteiger partial charge on any atom is 0.150 e. The van der Waals surface area contributed by atoms with Crippen LogP contribution in [0.1, 0.15) is 99.3 Å². The van der Waals surface area contributed by atoms with Crippen LogP contribution in [0.5, 0.6) is 5.75 Å². The summed E-state index contributed by atoms with van der Waals surface area (Å²) in [6.45, 7) is 15.6. The molecule has 2 aromatic rings. The number of aryl methyl sites for hydroxylation is 2. The molecule has 0 saturated carbocycles. The van der Waals surface area contributed by atoms with Crippen molar-refractivity contribution in [3.8, 4) is 5.75 Å². The lowest BCUT2D eigenvalue weighted by Crippen LogP contribution is -2.26. The zero-order valence-electron chi connectivity index (χ0n) is 20.8. The average molecular weight is 441 g/mol. The summed E-state index contributed by atoms with van der Waals surface area (Å²) in [5, 5.41) is 1.12. The largest absolute Gasteiger partial charge is 0.496 e. The van der Waals surface area contributed by atoms with E-state index in [0.717, 1.165) is 36.0 Å². The second-order valence-corrected chi connectivity index (χ2v) is 11.6. The highest BCUT2D eigenvalue weighted by atomic mass is 31.1. The molecule has 2 unspecified atom stereocenters. The minimum atomic E-state index is -0.0421. The maximum absolute atomic E-state index is 11.9. The number of carbonyl (C=O) groups is 1. The minimum Gasteiger partial charge on any atom is -0.496 e. The molecule has 0 bridgehead atoms. The fourth-order valence-corrected chi connectivity index (χ4v) is 6.14. The fraction of sp³-hybridized carbons (Fsp3) is 0.536. The van der Waals surface area contributed by atoms with Gasteiger partial charge >= 0.3 is 0 Å². The first kappa shape index (κ1) is 25.6. The van der Waals surface area contributed by atoms with Crippen molar-refractivity contribution in [2.75, 3.05) is 7.11 Å². The third kappa shape index (κ3) is 5.98. The van der Waals surface area contributed by atoms with Gasteiger partial charge in [-0.3, -0.25) is 4.79 Å². The number of methoxy groups -OCH3 is 1. The Morgan fingerprint density at radius 2 is 1.74 bits per heavy atom. The van der Waals surface area contributed by atoms with Gasteiger partial charge in [0.15, 0.2) is 6.29 Å². The van der Waals surface area contributed by atoms with E-state index in [0.29, 0.717) is 8.58 Å². The van der Waals surface area contributed by atoms with Crippen molar-refractivity contribution >= 4 is 20.2 Å². The Balaban J connectivity index is 2.73. The molecular weight excluding hydrogens is 399 g/mol. The third-order valence-electron chi connectivity index (χ3n) is 6.38. The first-order chi connectivity index (χ1) is 14.6. The lowest BCUT2D eigenvalue weighted by atomic mass is 9.80. The lowest BCUT2D eigenvalue weighted by molar-refractivity contribution is 0.112. The Labute approximate surface area is 192 Å². The number of unbranched alkanes of at least 4 members (excludes halogenated alkanes) is 2. The van der Waals surface area contributed by atoms with Crippen LogP contribution in [0.25, 0.3) is 0 Å². The molecular formula is C28H41O2P. The van der Waals surface area contributed by atoms with E-state index in [2.05, 4.69) is 65.8 Å². The van der Waals surface area contributed by atoms with Gasteiger partial charge in [-0.2, -0.15) is 0 Å². The van der Waals surface area contributed by atoms with Crippen LogP contribution in [0, 0.1) is 13.8 Å². The molecule has 0 amide bonds. The molecule has 2 atom stereocenters. The summed E-state index contributed by atoms with van der Waals surface area (Å²) >= 11 is 0. The van der Waals surface area contributed by atoms with Gasteiger partial charge in [-0.05, 0) is 54.6 Å². The van der Waals surface area contributed by atoms with Crippen molar-refractivity contribution in [3.63, 3.8) is 0 Å². The number of carbonyl (C=O) groups excluding carboxylic acids is 1. The van der Waals surface area contributed by atoms with Crippen LogP contribution in [0.2, 0.25) is 0 Å². The lowest BCUT2D eigenvalue weighted by Gasteiger charge is -2.37. The number of hydrogen-bond donors (Lipinski definition) is 0. The van der Waals surface area contributed by atoms with Crippen molar-refractivity contribution < 1.29 is 9.53 Å². The highest BCUT2D eigenvalue weighted by molar-refractivity contribution is 7.48.